The smallest absolute Gasteiger partial charge is 0.340 e. The van der Waals surface area contributed by atoms with Gasteiger partial charge in [0.25, 0.3) is 0 Å². The van der Waals surface area contributed by atoms with Crippen LogP contribution >= 0.6 is 10.9 Å². The van der Waals surface area contributed by atoms with Crippen LogP contribution in [0.1, 0.15) is 23.2 Å². The molecule has 1 N–H and O–H groups in total. The van der Waals surface area contributed by atoms with Gasteiger partial charge in [-0.25, -0.2) is 14.2 Å². The number of hydrogen-bond acceptors (Lipinski definition) is 6. The number of fused-ring (bicyclic) bond motifs is 1. The molecule has 2 aromatic carbocycles. The van der Waals surface area contributed by atoms with E-state index in [1.54, 1.807) is 67.1 Å². The monoisotopic (exact) mass is 542 g/mol. The van der Waals surface area contributed by atoms with Gasteiger partial charge in [-0.05, 0) is 55.0 Å². The highest BCUT2D eigenvalue weighted by Gasteiger charge is 2.33. The number of ether oxygens (including phenoxy) is 2. The van der Waals surface area contributed by atoms with Crippen molar-refractivity contribution in [3.05, 3.63) is 94.7 Å². The van der Waals surface area contributed by atoms with E-state index in [9.17, 15) is 9.90 Å². The third-order valence-corrected chi connectivity index (χ3v) is 9.15. The summed E-state index contributed by atoms with van der Waals surface area (Å²) in [5.74, 6) is -0.431. The highest BCUT2D eigenvalue weighted by molar-refractivity contribution is 8.20. The van der Waals surface area contributed by atoms with Crippen LogP contribution in [0.5, 0.6) is 11.5 Å². The molecular weight excluding hydrogens is 519 g/mol. The van der Waals surface area contributed by atoms with Gasteiger partial charge >= 0.3 is 5.97 Å². The zero-order valence-corrected chi connectivity index (χ0v) is 21.5. The molecule has 2 aromatic heterocycles. The van der Waals surface area contributed by atoms with Crippen molar-refractivity contribution in [1.82, 2.24) is 14.5 Å². The SMILES string of the molecule is N#Cc1ccc(Oc2cccnc2-c2cccc(F)c2C[SH]2C(C(=O)O)=Cc3c2ncn3CC2CCO2)cc1. The van der Waals surface area contributed by atoms with Crippen molar-refractivity contribution in [2.45, 2.75) is 29.8 Å². The number of benzene rings is 2. The Balaban J connectivity index is 1.36. The third kappa shape index (κ3) is 4.78. The average molecular weight is 543 g/mol. The lowest BCUT2D eigenvalue weighted by Crippen LogP contribution is -2.31. The molecule has 2 unspecified atom stereocenters. The Morgan fingerprint density at radius 1 is 1.21 bits per heavy atom. The number of aromatic nitrogens is 3. The molecule has 0 bridgehead atoms. The zero-order chi connectivity index (χ0) is 26.9. The number of thiol groups is 1. The van der Waals surface area contributed by atoms with E-state index >= 15 is 4.39 Å². The van der Waals surface area contributed by atoms with Crippen molar-refractivity contribution in [3.63, 3.8) is 0 Å². The summed E-state index contributed by atoms with van der Waals surface area (Å²) in [6.45, 7) is 1.33. The number of imidazole rings is 1. The van der Waals surface area contributed by atoms with Gasteiger partial charge in [0.2, 0.25) is 0 Å². The molecule has 39 heavy (non-hydrogen) atoms. The molecule has 10 heteroatoms. The Labute approximate surface area is 226 Å². The maximum absolute atomic E-state index is 15.5. The van der Waals surface area contributed by atoms with E-state index < -0.39 is 22.7 Å². The van der Waals surface area contributed by atoms with Crippen LogP contribution in [-0.2, 0) is 21.8 Å². The van der Waals surface area contributed by atoms with Gasteiger partial charge in [-0.3, -0.25) is 4.98 Å². The van der Waals surface area contributed by atoms with Gasteiger partial charge in [0.1, 0.15) is 22.3 Å². The molecular formula is C29H23FN4O4S. The summed E-state index contributed by atoms with van der Waals surface area (Å²) in [6, 6.07) is 16.9. The molecule has 8 nitrogen and oxygen atoms in total. The highest BCUT2D eigenvalue weighted by Crippen LogP contribution is 2.54. The largest absolute Gasteiger partial charge is 0.477 e. The molecule has 6 rings (SSSR count). The fourth-order valence-corrected chi connectivity index (χ4v) is 7.04. The number of carboxylic acid groups (broad SMARTS) is 1. The van der Waals surface area contributed by atoms with Crippen LogP contribution in [-0.4, -0.2) is 38.3 Å². The second-order valence-electron chi connectivity index (χ2n) is 9.16. The standard InChI is InChI=1S/C29H23FN4O4S/c30-23-4-1-3-21(27-25(5-2-11-32-27)38-19-8-6-18(14-31)7-9-19)22(23)16-39-26(29(35)36)13-24-28(39)33-17-34(24)15-20-10-12-37-20/h1-9,11,13,17,20,39H,10,12,15-16H2,(H,35,36). The second kappa shape index (κ2) is 10.4. The first-order valence-corrected chi connectivity index (χ1v) is 13.8. The quantitative estimate of drug-likeness (QED) is 0.282. The maximum atomic E-state index is 15.5. The molecule has 1 saturated heterocycles. The first-order chi connectivity index (χ1) is 19.0. The van der Waals surface area contributed by atoms with Crippen molar-refractivity contribution in [2.75, 3.05) is 6.61 Å². The lowest BCUT2D eigenvalue weighted by molar-refractivity contribution is -0.131. The predicted octanol–water partition coefficient (Wildman–Crippen LogP) is 5.54. The van der Waals surface area contributed by atoms with E-state index in [1.807, 2.05) is 4.57 Å². The average Bonchev–Trinajstić information content (AvgIpc) is 3.48. The van der Waals surface area contributed by atoms with E-state index in [2.05, 4.69) is 16.0 Å². The van der Waals surface area contributed by atoms with Crippen LogP contribution in [0.15, 0.2) is 77.1 Å². The van der Waals surface area contributed by atoms with Crippen molar-refractivity contribution in [2.24, 2.45) is 0 Å². The van der Waals surface area contributed by atoms with Crippen LogP contribution in [0, 0.1) is 17.1 Å². The summed E-state index contributed by atoms with van der Waals surface area (Å²) in [4.78, 5) is 21.6. The number of halogens is 1. The Morgan fingerprint density at radius 2 is 2.03 bits per heavy atom. The molecule has 4 heterocycles. The number of rotatable bonds is 8. The molecule has 2 aliphatic rings. The van der Waals surface area contributed by atoms with Gasteiger partial charge in [0.05, 0.1) is 41.2 Å². The molecule has 0 amide bonds. The number of pyridine rings is 1. The van der Waals surface area contributed by atoms with E-state index in [-0.39, 0.29) is 16.8 Å². The minimum Gasteiger partial charge on any atom is -0.477 e. The van der Waals surface area contributed by atoms with Crippen molar-refractivity contribution < 1.29 is 23.8 Å². The molecule has 2 atom stereocenters. The highest BCUT2D eigenvalue weighted by atomic mass is 32.2. The maximum Gasteiger partial charge on any atom is 0.340 e. The topological polar surface area (TPSA) is 110 Å². The number of nitriles is 1. The number of carbonyl (C=O) groups is 1. The summed E-state index contributed by atoms with van der Waals surface area (Å²) in [7, 11) is -1.47. The minimum absolute atomic E-state index is 0.0913. The Kier molecular flexibility index (Phi) is 6.60. The first-order valence-electron chi connectivity index (χ1n) is 12.3. The van der Waals surface area contributed by atoms with Crippen LogP contribution in [0.4, 0.5) is 4.39 Å². The molecule has 1 fully saturated rings. The molecule has 0 aliphatic carbocycles. The summed E-state index contributed by atoms with van der Waals surface area (Å²) < 4.78 is 29.0. The summed E-state index contributed by atoms with van der Waals surface area (Å²) in [6.07, 6.45) is 6.01. The lowest BCUT2D eigenvalue weighted by Gasteiger charge is -2.26. The molecule has 2 aliphatic heterocycles. The van der Waals surface area contributed by atoms with Crippen molar-refractivity contribution >= 4 is 22.9 Å². The molecule has 196 valence electrons. The van der Waals surface area contributed by atoms with Crippen LogP contribution < -0.4 is 4.74 Å². The van der Waals surface area contributed by atoms with E-state index in [1.165, 1.54) is 6.07 Å². The van der Waals surface area contributed by atoms with Gasteiger partial charge in [-0.2, -0.15) is 16.2 Å². The van der Waals surface area contributed by atoms with E-state index in [0.29, 0.717) is 45.5 Å². The van der Waals surface area contributed by atoms with Gasteiger partial charge in [-0.1, -0.05) is 12.1 Å². The Bertz CT molecular complexity index is 1640. The number of hydrogen-bond donors (Lipinski definition) is 2. The van der Waals surface area contributed by atoms with Crippen molar-refractivity contribution in [1.29, 1.82) is 5.26 Å². The van der Waals surface area contributed by atoms with Crippen LogP contribution in [0.2, 0.25) is 0 Å². The zero-order valence-electron chi connectivity index (χ0n) is 20.6. The molecule has 0 saturated carbocycles. The third-order valence-electron chi connectivity index (χ3n) is 6.76. The van der Waals surface area contributed by atoms with Gasteiger partial charge in [-0.15, -0.1) is 0 Å². The van der Waals surface area contributed by atoms with Crippen LogP contribution in [0.3, 0.4) is 0 Å². The number of nitrogens with zero attached hydrogens (tertiary/aromatic N) is 4. The summed E-state index contributed by atoms with van der Waals surface area (Å²) >= 11 is 0. The fraction of sp³-hybridized carbons (Fsp3) is 0.172. The molecule has 4 aromatic rings. The summed E-state index contributed by atoms with van der Waals surface area (Å²) in [5, 5.41) is 19.8. The van der Waals surface area contributed by atoms with Crippen molar-refractivity contribution in [3.8, 4) is 28.8 Å². The lowest BCUT2D eigenvalue weighted by atomic mass is 10.0. The van der Waals surface area contributed by atoms with Gasteiger partial charge < -0.3 is 19.1 Å². The predicted molar refractivity (Wildman–Crippen MR) is 144 cm³/mol. The van der Waals surface area contributed by atoms with E-state index in [0.717, 1.165) is 18.7 Å². The fourth-order valence-electron chi connectivity index (χ4n) is 4.69. The van der Waals surface area contributed by atoms with Gasteiger partial charge in [0.15, 0.2) is 5.75 Å². The number of aliphatic carboxylic acids is 1. The Morgan fingerprint density at radius 3 is 2.74 bits per heavy atom. The minimum atomic E-state index is -1.47. The Hall–Kier alpha value is -4.46. The molecule has 0 radical (unpaired) electrons. The first kappa shape index (κ1) is 24.9. The summed E-state index contributed by atoms with van der Waals surface area (Å²) in [5.41, 5.74) is 2.55. The second-order valence-corrected chi connectivity index (χ2v) is 11.2. The van der Waals surface area contributed by atoms with E-state index in [4.69, 9.17) is 14.7 Å². The molecule has 0 spiro atoms. The normalized spacial score (nSPS) is 18.5. The van der Waals surface area contributed by atoms with Crippen LogP contribution in [0.25, 0.3) is 17.3 Å². The number of carboxylic acids is 1. The van der Waals surface area contributed by atoms with Gasteiger partial charge in [0, 0.05) is 29.7 Å².